The van der Waals surface area contributed by atoms with Crippen LogP contribution in [0.5, 0.6) is 5.75 Å². The van der Waals surface area contributed by atoms with Crippen LogP contribution in [-0.4, -0.2) is 59.0 Å². The Morgan fingerprint density at radius 1 is 1.24 bits per heavy atom. The number of likely N-dealkylation sites (tertiary alicyclic amines) is 1. The first kappa shape index (κ1) is 25.3. The molecule has 2 N–H and O–H groups in total. The van der Waals surface area contributed by atoms with Gasteiger partial charge in [-0.1, -0.05) is 50.1 Å². The molecule has 1 aromatic carbocycles. The van der Waals surface area contributed by atoms with Gasteiger partial charge in [0.05, 0.1) is 18.9 Å². The van der Waals surface area contributed by atoms with Gasteiger partial charge in [-0.05, 0) is 37.3 Å². The molecule has 2 aliphatic rings. The summed E-state index contributed by atoms with van der Waals surface area (Å²) in [5.41, 5.74) is -0.803. The van der Waals surface area contributed by atoms with Gasteiger partial charge in [-0.15, -0.1) is 0 Å². The van der Waals surface area contributed by atoms with Crippen molar-refractivity contribution in [3.05, 3.63) is 42.0 Å². The molecule has 3 rings (SSSR count). The molecule has 2 heterocycles. The summed E-state index contributed by atoms with van der Waals surface area (Å²) in [7, 11) is 1.54. The molecule has 33 heavy (non-hydrogen) atoms. The monoisotopic (exact) mass is 474 g/mol. The van der Waals surface area contributed by atoms with Crippen molar-refractivity contribution in [3.63, 3.8) is 0 Å². The van der Waals surface area contributed by atoms with Crippen molar-refractivity contribution >= 4 is 29.5 Å². The van der Waals surface area contributed by atoms with Gasteiger partial charge in [0.15, 0.2) is 0 Å². The maximum absolute atomic E-state index is 13.5. The van der Waals surface area contributed by atoms with Gasteiger partial charge in [0, 0.05) is 18.2 Å². The van der Waals surface area contributed by atoms with E-state index >= 15 is 0 Å². The zero-order chi connectivity index (χ0) is 24.0. The number of methoxy groups -OCH3 is 1. The van der Waals surface area contributed by atoms with Crippen LogP contribution in [0.4, 0.5) is 0 Å². The van der Waals surface area contributed by atoms with Crippen LogP contribution in [0.25, 0.3) is 0 Å². The molecule has 2 saturated heterocycles. The molecule has 2 aliphatic heterocycles. The molecule has 4 atom stereocenters. The van der Waals surface area contributed by atoms with E-state index in [1.807, 2.05) is 30.5 Å². The summed E-state index contributed by atoms with van der Waals surface area (Å²) < 4.78 is 5.51. The second-order valence-electron chi connectivity index (χ2n) is 8.62. The highest BCUT2D eigenvalue weighted by Crippen LogP contribution is 2.51. The quantitative estimate of drug-likeness (QED) is 0.271. The number of allylic oxidation sites excluding steroid dienone is 1. The first-order valence-corrected chi connectivity index (χ1v) is 13.0. The summed E-state index contributed by atoms with van der Waals surface area (Å²) in [6.45, 7) is 2.40. The van der Waals surface area contributed by atoms with E-state index in [2.05, 4.69) is 18.3 Å². The first-order chi connectivity index (χ1) is 15.9. The van der Waals surface area contributed by atoms with Crippen molar-refractivity contribution < 1.29 is 24.2 Å². The van der Waals surface area contributed by atoms with E-state index in [1.165, 1.54) is 16.7 Å². The number of hydrogen-bond donors (Lipinski definition) is 2. The van der Waals surface area contributed by atoms with Crippen LogP contribution in [0.2, 0.25) is 0 Å². The summed E-state index contributed by atoms with van der Waals surface area (Å²) in [5, 5.41) is 13.5. The Hall–Kier alpha value is -2.32. The molecular formula is C25H34N2O5S. The number of aliphatic carboxylic acids is 1. The maximum Gasteiger partial charge on any atom is 0.324 e. The number of nitrogens with zero attached hydrogens (tertiary/aromatic N) is 1. The Kier molecular flexibility index (Phi) is 8.59. The smallest absolute Gasteiger partial charge is 0.324 e. The summed E-state index contributed by atoms with van der Waals surface area (Å²) in [5.74, 6) is -2.39. The van der Waals surface area contributed by atoms with Crippen molar-refractivity contribution in [2.75, 3.05) is 25.7 Å². The molecule has 0 saturated carbocycles. The number of thioether (sulfide) groups is 1. The lowest BCUT2D eigenvalue weighted by Gasteiger charge is -2.31. The standard InChI is InChI=1S/C25H34N2O5S/c1-4-5-6-7-8-11-15-27-22(28)19-20(23(27)29)25(24(30)31,14-16-33-3)26-21(19)17-12-9-10-13-18(17)32-2/h7-10,12-13,19-21,26H,4-6,11,14-16H2,1-3H3,(H,30,31). The number of carboxylic acids is 1. The Morgan fingerprint density at radius 3 is 2.64 bits per heavy atom. The molecule has 0 aliphatic carbocycles. The van der Waals surface area contributed by atoms with Crippen LogP contribution in [-0.2, 0) is 14.4 Å². The lowest BCUT2D eigenvalue weighted by atomic mass is 9.78. The molecule has 2 fully saturated rings. The molecule has 0 bridgehead atoms. The van der Waals surface area contributed by atoms with Gasteiger partial charge in [-0.25, -0.2) is 0 Å². The number of fused-ring (bicyclic) bond motifs is 1. The highest BCUT2D eigenvalue weighted by atomic mass is 32.2. The van der Waals surface area contributed by atoms with Crippen LogP contribution < -0.4 is 10.1 Å². The van der Waals surface area contributed by atoms with E-state index in [-0.39, 0.29) is 24.8 Å². The second kappa shape index (κ2) is 11.2. The molecule has 7 nitrogen and oxygen atoms in total. The molecule has 8 heteroatoms. The Bertz CT molecular complexity index is 905. The number of hydrogen-bond acceptors (Lipinski definition) is 6. The number of carbonyl (C=O) groups excluding carboxylic acids is 2. The van der Waals surface area contributed by atoms with E-state index in [0.717, 1.165) is 19.3 Å². The van der Waals surface area contributed by atoms with Crippen molar-refractivity contribution in [2.24, 2.45) is 11.8 Å². The molecule has 0 spiro atoms. The number of carboxylic acid groups (broad SMARTS) is 1. The number of ether oxygens (including phenoxy) is 1. The predicted molar refractivity (Wildman–Crippen MR) is 129 cm³/mol. The molecule has 1 aromatic rings. The van der Waals surface area contributed by atoms with Gasteiger partial charge in [-0.2, -0.15) is 11.8 Å². The van der Waals surface area contributed by atoms with E-state index in [9.17, 15) is 19.5 Å². The van der Waals surface area contributed by atoms with E-state index < -0.39 is 29.4 Å². The normalized spacial score (nSPS) is 26.9. The van der Waals surface area contributed by atoms with Gasteiger partial charge in [0.25, 0.3) is 0 Å². The average molecular weight is 475 g/mol. The third-order valence-corrected chi connectivity index (χ3v) is 7.32. The largest absolute Gasteiger partial charge is 0.496 e. The highest BCUT2D eigenvalue weighted by Gasteiger charge is 2.68. The van der Waals surface area contributed by atoms with Crippen LogP contribution in [0.15, 0.2) is 36.4 Å². The number of para-hydroxylation sites is 1. The van der Waals surface area contributed by atoms with Crippen molar-refractivity contribution in [3.8, 4) is 5.75 Å². The molecule has 0 radical (unpaired) electrons. The molecule has 4 unspecified atom stereocenters. The van der Waals surface area contributed by atoms with Gasteiger partial charge in [-0.3, -0.25) is 24.6 Å². The van der Waals surface area contributed by atoms with Crippen LogP contribution >= 0.6 is 11.8 Å². The summed E-state index contributed by atoms with van der Waals surface area (Å²) in [6.07, 6.45) is 9.98. The fraction of sp³-hybridized carbons (Fsp3) is 0.560. The van der Waals surface area contributed by atoms with Gasteiger partial charge in [0.1, 0.15) is 11.3 Å². The van der Waals surface area contributed by atoms with E-state index in [4.69, 9.17) is 4.74 Å². The lowest BCUT2D eigenvalue weighted by Crippen LogP contribution is -2.56. The Labute approximate surface area is 199 Å². The minimum atomic E-state index is -1.50. The SMILES string of the molecule is CCCCC=CCCN1C(=O)C2C(c3ccccc3OC)NC(CCSC)(C(=O)O)C2C1=O. The van der Waals surface area contributed by atoms with Gasteiger partial charge < -0.3 is 9.84 Å². The van der Waals surface area contributed by atoms with Crippen LogP contribution in [0.3, 0.4) is 0 Å². The molecule has 2 amide bonds. The van der Waals surface area contributed by atoms with Crippen LogP contribution in [0.1, 0.15) is 50.6 Å². The highest BCUT2D eigenvalue weighted by molar-refractivity contribution is 7.98. The van der Waals surface area contributed by atoms with Crippen LogP contribution in [0, 0.1) is 11.8 Å². The minimum Gasteiger partial charge on any atom is -0.496 e. The second-order valence-corrected chi connectivity index (χ2v) is 9.60. The van der Waals surface area contributed by atoms with E-state index in [1.54, 1.807) is 13.2 Å². The third kappa shape index (κ3) is 4.82. The van der Waals surface area contributed by atoms with Gasteiger partial charge in [0.2, 0.25) is 11.8 Å². The zero-order valence-corrected chi connectivity index (χ0v) is 20.4. The Morgan fingerprint density at radius 2 is 1.97 bits per heavy atom. The number of benzene rings is 1. The lowest BCUT2D eigenvalue weighted by molar-refractivity contribution is -0.151. The fourth-order valence-electron chi connectivity index (χ4n) is 5.03. The Balaban J connectivity index is 1.96. The van der Waals surface area contributed by atoms with Crippen molar-refractivity contribution in [1.82, 2.24) is 10.2 Å². The molecule has 0 aromatic heterocycles. The number of unbranched alkanes of at least 4 members (excludes halogenated alkanes) is 2. The van der Waals surface area contributed by atoms with Crippen molar-refractivity contribution in [2.45, 2.75) is 50.6 Å². The first-order valence-electron chi connectivity index (χ1n) is 11.6. The third-order valence-electron chi connectivity index (χ3n) is 6.71. The number of imide groups is 1. The topological polar surface area (TPSA) is 95.9 Å². The van der Waals surface area contributed by atoms with E-state index in [0.29, 0.717) is 23.5 Å². The van der Waals surface area contributed by atoms with Gasteiger partial charge >= 0.3 is 5.97 Å². The predicted octanol–water partition coefficient (Wildman–Crippen LogP) is 3.65. The number of rotatable bonds is 12. The minimum absolute atomic E-state index is 0.250. The fourth-order valence-corrected chi connectivity index (χ4v) is 5.56. The maximum atomic E-state index is 13.5. The average Bonchev–Trinajstić information content (AvgIpc) is 3.29. The zero-order valence-electron chi connectivity index (χ0n) is 19.6. The number of carbonyl (C=O) groups is 3. The molecule has 180 valence electrons. The number of amides is 2. The summed E-state index contributed by atoms with van der Waals surface area (Å²) >= 11 is 1.52. The number of nitrogens with one attached hydrogen (secondary N) is 1. The molecular weight excluding hydrogens is 440 g/mol. The summed E-state index contributed by atoms with van der Waals surface area (Å²) in [6, 6.07) is 6.65. The summed E-state index contributed by atoms with van der Waals surface area (Å²) in [4.78, 5) is 41.0. The van der Waals surface area contributed by atoms with Crippen molar-refractivity contribution in [1.29, 1.82) is 0 Å².